The van der Waals surface area contributed by atoms with Crippen molar-refractivity contribution in [1.29, 1.82) is 0 Å². The van der Waals surface area contributed by atoms with Crippen molar-refractivity contribution < 1.29 is 0 Å². The first kappa shape index (κ1) is 8.52. The molecule has 1 unspecified atom stereocenters. The molecule has 1 heterocycles. The van der Waals surface area contributed by atoms with Crippen LogP contribution in [0.4, 0.5) is 0 Å². The number of rotatable bonds is 3. The van der Waals surface area contributed by atoms with E-state index in [9.17, 15) is 0 Å². The van der Waals surface area contributed by atoms with Crippen molar-refractivity contribution in [3.05, 3.63) is 0 Å². The van der Waals surface area contributed by atoms with E-state index >= 15 is 0 Å². The zero-order valence-electron chi connectivity index (χ0n) is 8.27. The summed E-state index contributed by atoms with van der Waals surface area (Å²) in [7, 11) is 2.05. The van der Waals surface area contributed by atoms with Crippen LogP contribution in [0.15, 0.2) is 0 Å². The summed E-state index contributed by atoms with van der Waals surface area (Å²) in [5, 5.41) is 3.29. The van der Waals surface area contributed by atoms with Crippen LogP contribution in [0.1, 0.15) is 26.2 Å². The number of hydrogen-bond donors (Lipinski definition) is 1. The largest absolute Gasteiger partial charge is 0.316 e. The Balaban J connectivity index is 1.67. The van der Waals surface area contributed by atoms with Crippen LogP contribution in [0.5, 0.6) is 0 Å². The van der Waals surface area contributed by atoms with Gasteiger partial charge in [-0.15, -0.1) is 0 Å². The van der Waals surface area contributed by atoms with Crippen LogP contribution in [0, 0.1) is 5.41 Å². The van der Waals surface area contributed by atoms with E-state index in [0.717, 1.165) is 5.41 Å². The number of likely N-dealkylation sites (tertiary alicyclic amines) is 1. The molecule has 1 atom stereocenters. The van der Waals surface area contributed by atoms with Crippen molar-refractivity contribution in [2.75, 3.05) is 26.7 Å². The molecule has 2 fully saturated rings. The second-order valence-corrected chi connectivity index (χ2v) is 4.71. The van der Waals surface area contributed by atoms with E-state index in [0.29, 0.717) is 6.04 Å². The quantitative estimate of drug-likeness (QED) is 0.678. The third-order valence-corrected chi connectivity index (χ3v) is 3.56. The summed E-state index contributed by atoms with van der Waals surface area (Å²) in [5.41, 5.74) is 0.799. The highest BCUT2D eigenvalue weighted by atomic mass is 15.2. The van der Waals surface area contributed by atoms with Gasteiger partial charge in [-0.25, -0.2) is 0 Å². The fraction of sp³-hybridized carbons (Fsp3) is 1.00. The van der Waals surface area contributed by atoms with Crippen molar-refractivity contribution >= 4 is 0 Å². The lowest BCUT2D eigenvalue weighted by atomic mass is 9.63. The van der Waals surface area contributed by atoms with Crippen LogP contribution in [0.25, 0.3) is 0 Å². The lowest BCUT2D eigenvalue weighted by molar-refractivity contribution is -0.0623. The van der Waals surface area contributed by atoms with Gasteiger partial charge in [0.2, 0.25) is 0 Å². The second-order valence-electron chi connectivity index (χ2n) is 4.71. The minimum atomic E-state index is 0.655. The molecule has 1 saturated heterocycles. The molecule has 2 heteroatoms. The van der Waals surface area contributed by atoms with Gasteiger partial charge in [-0.05, 0) is 32.2 Å². The number of nitrogens with one attached hydrogen (secondary N) is 1. The predicted molar refractivity (Wildman–Crippen MR) is 51.2 cm³/mol. The van der Waals surface area contributed by atoms with Crippen molar-refractivity contribution in [3.63, 3.8) is 0 Å². The van der Waals surface area contributed by atoms with Gasteiger partial charge in [0, 0.05) is 25.7 Å². The van der Waals surface area contributed by atoms with Gasteiger partial charge in [0.05, 0.1) is 0 Å². The van der Waals surface area contributed by atoms with Gasteiger partial charge in [-0.1, -0.05) is 6.42 Å². The van der Waals surface area contributed by atoms with E-state index < -0.39 is 0 Å². The summed E-state index contributed by atoms with van der Waals surface area (Å²) in [6, 6.07) is 0.655. The molecule has 2 rings (SSSR count). The number of likely N-dealkylation sites (N-methyl/N-ethyl adjacent to an activating group) is 1. The fourth-order valence-corrected chi connectivity index (χ4v) is 2.50. The second kappa shape index (κ2) is 3.00. The molecule has 0 amide bonds. The maximum Gasteiger partial charge on any atom is 0.0163 e. The van der Waals surface area contributed by atoms with Gasteiger partial charge >= 0.3 is 0 Å². The summed E-state index contributed by atoms with van der Waals surface area (Å²) in [4.78, 5) is 2.58. The Morgan fingerprint density at radius 1 is 1.42 bits per heavy atom. The minimum absolute atomic E-state index is 0.655. The minimum Gasteiger partial charge on any atom is -0.316 e. The summed E-state index contributed by atoms with van der Waals surface area (Å²) < 4.78 is 0. The third kappa shape index (κ3) is 1.38. The lowest BCUT2D eigenvalue weighted by Crippen LogP contribution is -2.61. The lowest BCUT2D eigenvalue weighted by Gasteiger charge is -2.56. The van der Waals surface area contributed by atoms with E-state index in [-0.39, 0.29) is 0 Å². The fourth-order valence-electron chi connectivity index (χ4n) is 2.50. The SMILES string of the molecule is CNC(C)CN1CC2(CCC2)C1. The van der Waals surface area contributed by atoms with Crippen LogP contribution in [0.3, 0.4) is 0 Å². The molecule has 2 aliphatic rings. The first-order chi connectivity index (χ1) is 5.74. The Labute approximate surface area is 75.3 Å². The Morgan fingerprint density at radius 3 is 2.50 bits per heavy atom. The molecule has 1 saturated carbocycles. The average Bonchev–Trinajstić information content (AvgIpc) is 1.91. The maximum absolute atomic E-state index is 3.29. The molecule has 1 spiro atoms. The van der Waals surface area contributed by atoms with Crippen LogP contribution < -0.4 is 5.32 Å². The first-order valence-corrected chi connectivity index (χ1v) is 5.14. The smallest absolute Gasteiger partial charge is 0.0163 e. The van der Waals surface area contributed by atoms with E-state index in [1.54, 1.807) is 0 Å². The van der Waals surface area contributed by atoms with E-state index in [2.05, 4.69) is 17.1 Å². The van der Waals surface area contributed by atoms with Gasteiger partial charge < -0.3 is 10.2 Å². The molecule has 0 aromatic rings. The molecule has 0 aromatic heterocycles. The van der Waals surface area contributed by atoms with Crippen LogP contribution in [0.2, 0.25) is 0 Å². The zero-order valence-corrected chi connectivity index (χ0v) is 8.27. The number of nitrogens with zero attached hydrogens (tertiary/aromatic N) is 1. The highest BCUT2D eigenvalue weighted by Crippen LogP contribution is 2.47. The molecule has 0 bridgehead atoms. The molecule has 0 radical (unpaired) electrons. The van der Waals surface area contributed by atoms with Crippen LogP contribution in [-0.2, 0) is 0 Å². The zero-order chi connectivity index (χ0) is 8.60. The summed E-state index contributed by atoms with van der Waals surface area (Å²) >= 11 is 0. The molecular formula is C10H20N2. The average molecular weight is 168 g/mol. The molecular weight excluding hydrogens is 148 g/mol. The van der Waals surface area contributed by atoms with E-state index in [4.69, 9.17) is 0 Å². The maximum atomic E-state index is 3.29. The molecule has 1 aliphatic carbocycles. The molecule has 12 heavy (non-hydrogen) atoms. The topological polar surface area (TPSA) is 15.3 Å². The molecule has 0 aromatic carbocycles. The Hall–Kier alpha value is -0.0800. The van der Waals surface area contributed by atoms with Crippen molar-refractivity contribution in [2.24, 2.45) is 5.41 Å². The van der Waals surface area contributed by atoms with Gasteiger partial charge in [-0.2, -0.15) is 0 Å². The Morgan fingerprint density at radius 2 is 2.08 bits per heavy atom. The molecule has 1 N–H and O–H groups in total. The standard InChI is InChI=1S/C10H20N2/c1-9(11-2)6-12-7-10(8-12)4-3-5-10/h9,11H,3-8H2,1-2H3. The van der Waals surface area contributed by atoms with Crippen molar-refractivity contribution in [3.8, 4) is 0 Å². The Kier molecular flexibility index (Phi) is 2.13. The third-order valence-electron chi connectivity index (χ3n) is 3.56. The molecule has 1 aliphatic heterocycles. The van der Waals surface area contributed by atoms with Crippen LogP contribution in [-0.4, -0.2) is 37.6 Å². The summed E-state index contributed by atoms with van der Waals surface area (Å²) in [5.74, 6) is 0. The van der Waals surface area contributed by atoms with Gasteiger partial charge in [0.15, 0.2) is 0 Å². The first-order valence-electron chi connectivity index (χ1n) is 5.14. The molecule has 70 valence electrons. The van der Waals surface area contributed by atoms with E-state index in [1.807, 2.05) is 7.05 Å². The normalized spacial score (nSPS) is 29.5. The highest BCUT2D eigenvalue weighted by Gasteiger charge is 2.46. The number of hydrogen-bond acceptors (Lipinski definition) is 2. The van der Waals surface area contributed by atoms with Crippen molar-refractivity contribution in [1.82, 2.24) is 10.2 Å². The van der Waals surface area contributed by atoms with Crippen LogP contribution >= 0.6 is 0 Å². The Bertz CT molecular complexity index is 152. The van der Waals surface area contributed by atoms with Crippen molar-refractivity contribution in [2.45, 2.75) is 32.2 Å². The monoisotopic (exact) mass is 168 g/mol. The van der Waals surface area contributed by atoms with Gasteiger partial charge in [-0.3, -0.25) is 0 Å². The highest BCUT2D eigenvalue weighted by molar-refractivity contribution is 5.00. The van der Waals surface area contributed by atoms with Gasteiger partial charge in [0.25, 0.3) is 0 Å². The van der Waals surface area contributed by atoms with E-state index in [1.165, 1.54) is 38.9 Å². The van der Waals surface area contributed by atoms with Gasteiger partial charge in [0.1, 0.15) is 0 Å². The summed E-state index contributed by atoms with van der Waals surface area (Å²) in [6.07, 6.45) is 4.48. The molecule has 2 nitrogen and oxygen atoms in total. The predicted octanol–water partition coefficient (Wildman–Crippen LogP) is 1.08. The summed E-state index contributed by atoms with van der Waals surface area (Å²) in [6.45, 7) is 6.24.